The van der Waals surface area contributed by atoms with Crippen molar-refractivity contribution in [2.24, 2.45) is 0 Å². The quantitative estimate of drug-likeness (QED) is 0.639. The summed E-state index contributed by atoms with van der Waals surface area (Å²) in [5.74, 6) is 0.706. The van der Waals surface area contributed by atoms with E-state index in [4.69, 9.17) is 0 Å². The molecule has 1 aliphatic heterocycles. The molecule has 1 aliphatic rings. The molecule has 0 unspecified atom stereocenters. The van der Waals surface area contributed by atoms with Gasteiger partial charge in [-0.05, 0) is 76.4 Å². The SMILES string of the molecule is CNC(=O)/C=C/c1ccc(-c2ccc(N(C)C3CC(C)(C)NC(C)(C)C3)nn2)c(O)c1. The number of nitrogens with zero attached hydrogens (tertiary/aromatic N) is 3. The summed E-state index contributed by atoms with van der Waals surface area (Å²) in [6, 6.07) is 9.40. The van der Waals surface area contributed by atoms with E-state index in [0.717, 1.165) is 24.2 Å². The van der Waals surface area contributed by atoms with E-state index in [9.17, 15) is 9.90 Å². The van der Waals surface area contributed by atoms with E-state index >= 15 is 0 Å². The van der Waals surface area contributed by atoms with Gasteiger partial charge in [-0.25, -0.2) is 0 Å². The van der Waals surface area contributed by atoms with Crippen LogP contribution in [-0.4, -0.2) is 52.4 Å². The van der Waals surface area contributed by atoms with Gasteiger partial charge in [0.2, 0.25) is 5.91 Å². The summed E-state index contributed by atoms with van der Waals surface area (Å²) in [4.78, 5) is 13.5. The number of carbonyl (C=O) groups excluding carboxylic acids is 1. The van der Waals surface area contributed by atoms with Gasteiger partial charge in [0.15, 0.2) is 5.82 Å². The van der Waals surface area contributed by atoms with Gasteiger partial charge in [-0.3, -0.25) is 4.79 Å². The zero-order chi connectivity index (χ0) is 22.8. The Labute approximate surface area is 184 Å². The highest BCUT2D eigenvalue weighted by Gasteiger charge is 2.39. The predicted molar refractivity (Wildman–Crippen MR) is 125 cm³/mol. The number of nitrogens with one attached hydrogen (secondary N) is 2. The highest BCUT2D eigenvalue weighted by Crippen LogP contribution is 2.33. The minimum atomic E-state index is -0.199. The number of aromatic nitrogens is 2. The van der Waals surface area contributed by atoms with Crippen molar-refractivity contribution in [2.75, 3.05) is 19.0 Å². The van der Waals surface area contributed by atoms with Gasteiger partial charge >= 0.3 is 0 Å². The monoisotopic (exact) mass is 423 g/mol. The van der Waals surface area contributed by atoms with E-state index < -0.39 is 0 Å². The van der Waals surface area contributed by atoms with E-state index in [1.807, 2.05) is 18.2 Å². The molecule has 31 heavy (non-hydrogen) atoms. The Morgan fingerprint density at radius 1 is 1.16 bits per heavy atom. The zero-order valence-electron chi connectivity index (χ0n) is 19.2. The molecule has 0 spiro atoms. The topological polar surface area (TPSA) is 90.4 Å². The number of aromatic hydroxyl groups is 1. The van der Waals surface area contributed by atoms with E-state index in [1.54, 1.807) is 25.3 Å². The Bertz CT molecular complexity index is 950. The molecule has 1 aromatic heterocycles. The van der Waals surface area contributed by atoms with Crippen LogP contribution in [0.25, 0.3) is 17.3 Å². The fraction of sp³-hybridized carbons (Fsp3) is 0.458. The smallest absolute Gasteiger partial charge is 0.243 e. The Hall–Kier alpha value is -2.93. The Morgan fingerprint density at radius 3 is 2.39 bits per heavy atom. The van der Waals surface area contributed by atoms with Gasteiger partial charge in [0, 0.05) is 42.9 Å². The standard InChI is InChI=1S/C24H33N5O2/c1-23(2)14-17(15-24(3,4)28-23)29(6)21-11-10-19(26-27-21)18-9-7-16(13-20(18)30)8-12-22(31)25-5/h7-13,17,28,30H,14-15H2,1-6H3,(H,25,31)/b12-8+. The normalized spacial score (nSPS) is 18.1. The molecule has 7 heteroatoms. The first kappa shape index (κ1) is 22.7. The highest BCUT2D eigenvalue weighted by atomic mass is 16.3. The van der Waals surface area contributed by atoms with Crippen LogP contribution in [0.2, 0.25) is 0 Å². The number of hydrogen-bond acceptors (Lipinski definition) is 6. The molecule has 2 heterocycles. The lowest BCUT2D eigenvalue weighted by Gasteiger charge is -2.49. The molecule has 1 amide bonds. The highest BCUT2D eigenvalue weighted by molar-refractivity contribution is 5.91. The van der Waals surface area contributed by atoms with Gasteiger partial charge in [0.25, 0.3) is 0 Å². The maximum absolute atomic E-state index is 11.3. The second-order valence-corrected chi connectivity index (χ2v) is 9.57. The number of piperidine rings is 1. The van der Waals surface area contributed by atoms with E-state index in [-0.39, 0.29) is 22.7 Å². The number of phenolic OH excluding ortho intramolecular Hbond substituents is 1. The van der Waals surface area contributed by atoms with Gasteiger partial charge in [-0.2, -0.15) is 0 Å². The van der Waals surface area contributed by atoms with Crippen molar-refractivity contribution in [1.82, 2.24) is 20.8 Å². The number of anilines is 1. The van der Waals surface area contributed by atoms with Gasteiger partial charge in [-0.15, -0.1) is 10.2 Å². The number of benzene rings is 1. The molecule has 3 N–H and O–H groups in total. The first-order valence-electron chi connectivity index (χ1n) is 10.6. The van der Waals surface area contributed by atoms with Crippen LogP contribution in [0.1, 0.15) is 46.1 Å². The largest absolute Gasteiger partial charge is 0.507 e. The third-order valence-electron chi connectivity index (χ3n) is 5.70. The number of likely N-dealkylation sites (N-methyl/N-ethyl adjacent to an activating group) is 1. The molecule has 7 nitrogen and oxygen atoms in total. The van der Waals surface area contributed by atoms with Crippen LogP contribution in [-0.2, 0) is 4.79 Å². The first-order valence-corrected chi connectivity index (χ1v) is 10.6. The second-order valence-electron chi connectivity index (χ2n) is 9.57. The fourth-order valence-electron chi connectivity index (χ4n) is 4.51. The Morgan fingerprint density at radius 2 is 1.84 bits per heavy atom. The summed E-state index contributed by atoms with van der Waals surface area (Å²) in [5.41, 5.74) is 2.03. The van der Waals surface area contributed by atoms with Gasteiger partial charge < -0.3 is 20.6 Å². The van der Waals surface area contributed by atoms with Crippen molar-refractivity contribution in [3.63, 3.8) is 0 Å². The minimum absolute atomic E-state index is 0.0494. The average molecular weight is 424 g/mol. The van der Waals surface area contributed by atoms with E-state index in [0.29, 0.717) is 17.3 Å². The molecule has 0 saturated carbocycles. The van der Waals surface area contributed by atoms with Crippen molar-refractivity contribution >= 4 is 17.8 Å². The molecule has 2 aromatic rings. The van der Waals surface area contributed by atoms with Crippen LogP contribution in [0, 0.1) is 0 Å². The van der Waals surface area contributed by atoms with Crippen LogP contribution in [0.4, 0.5) is 5.82 Å². The fourth-order valence-corrected chi connectivity index (χ4v) is 4.51. The van der Waals surface area contributed by atoms with Crippen molar-refractivity contribution in [2.45, 2.75) is 57.7 Å². The number of hydrogen-bond donors (Lipinski definition) is 3. The maximum Gasteiger partial charge on any atom is 0.243 e. The summed E-state index contributed by atoms with van der Waals surface area (Å²) in [5, 5.41) is 25.5. The lowest BCUT2D eigenvalue weighted by molar-refractivity contribution is -0.115. The molecule has 1 aromatic carbocycles. The molecular weight excluding hydrogens is 390 g/mol. The summed E-state index contributed by atoms with van der Waals surface area (Å²) < 4.78 is 0. The van der Waals surface area contributed by atoms with E-state index in [2.05, 4.69) is 60.5 Å². The Balaban J connectivity index is 1.77. The second kappa shape index (κ2) is 8.67. The molecule has 0 aliphatic carbocycles. The third-order valence-corrected chi connectivity index (χ3v) is 5.70. The van der Waals surface area contributed by atoms with Crippen molar-refractivity contribution < 1.29 is 9.90 Å². The number of amides is 1. The van der Waals surface area contributed by atoms with Gasteiger partial charge in [0.1, 0.15) is 5.75 Å². The third kappa shape index (κ3) is 5.61. The summed E-state index contributed by atoms with van der Waals surface area (Å²) >= 11 is 0. The summed E-state index contributed by atoms with van der Waals surface area (Å²) in [7, 11) is 3.64. The number of rotatable bonds is 5. The summed E-state index contributed by atoms with van der Waals surface area (Å²) in [6.45, 7) is 8.94. The lowest BCUT2D eigenvalue weighted by atomic mass is 9.79. The van der Waals surface area contributed by atoms with Crippen LogP contribution in [0.5, 0.6) is 5.75 Å². The number of phenols is 1. The summed E-state index contributed by atoms with van der Waals surface area (Å²) in [6.07, 6.45) is 5.10. The molecule has 166 valence electrons. The first-order chi connectivity index (χ1) is 14.5. The molecule has 1 fully saturated rings. The molecule has 3 rings (SSSR count). The Kier molecular flexibility index (Phi) is 6.36. The van der Waals surface area contributed by atoms with Crippen LogP contribution >= 0.6 is 0 Å². The average Bonchev–Trinajstić information content (AvgIpc) is 2.69. The molecule has 0 radical (unpaired) electrons. The predicted octanol–water partition coefficient (Wildman–Crippen LogP) is 3.35. The van der Waals surface area contributed by atoms with Crippen molar-refractivity contribution in [3.8, 4) is 17.0 Å². The molecular formula is C24H33N5O2. The van der Waals surface area contributed by atoms with Crippen LogP contribution in [0.15, 0.2) is 36.4 Å². The minimum Gasteiger partial charge on any atom is -0.507 e. The lowest BCUT2D eigenvalue weighted by Crippen LogP contribution is -2.62. The van der Waals surface area contributed by atoms with Crippen LogP contribution < -0.4 is 15.5 Å². The zero-order valence-corrected chi connectivity index (χ0v) is 19.2. The number of carbonyl (C=O) groups is 1. The maximum atomic E-state index is 11.3. The molecule has 1 saturated heterocycles. The van der Waals surface area contributed by atoms with Gasteiger partial charge in [0.05, 0.1) is 5.69 Å². The van der Waals surface area contributed by atoms with Gasteiger partial charge in [-0.1, -0.05) is 6.07 Å². The van der Waals surface area contributed by atoms with Crippen molar-refractivity contribution in [1.29, 1.82) is 0 Å². The molecule has 0 bridgehead atoms. The van der Waals surface area contributed by atoms with Crippen LogP contribution in [0.3, 0.4) is 0 Å². The van der Waals surface area contributed by atoms with E-state index in [1.165, 1.54) is 6.08 Å². The molecule has 0 atom stereocenters. The van der Waals surface area contributed by atoms with Crippen molar-refractivity contribution in [3.05, 3.63) is 42.0 Å².